The van der Waals surface area contributed by atoms with E-state index < -0.39 is 0 Å². The number of aromatic nitrogens is 1. The van der Waals surface area contributed by atoms with E-state index in [1.165, 1.54) is 0 Å². The Labute approximate surface area is 184 Å². The highest BCUT2D eigenvalue weighted by Gasteiger charge is 2.34. The van der Waals surface area contributed by atoms with Crippen LogP contribution >= 0.6 is 0 Å². The molecule has 0 unspecified atom stereocenters. The average molecular weight is 418 g/mol. The van der Waals surface area contributed by atoms with Crippen LogP contribution in [0.15, 0.2) is 60.8 Å². The van der Waals surface area contributed by atoms with Crippen LogP contribution in [-0.2, 0) is 18.4 Å². The highest BCUT2D eigenvalue weighted by Crippen LogP contribution is 2.29. The topological polar surface area (TPSA) is 45.6 Å². The van der Waals surface area contributed by atoms with Crippen LogP contribution in [0.4, 0.5) is 0 Å². The fourth-order valence-electron chi connectivity index (χ4n) is 4.08. The molecule has 5 nitrogen and oxygen atoms in total. The SMILES string of the molecule is CCCCN(CC(=O)N(Cc1cccn1C)C1CC1)C(=O)c1cccc2ccccc12. The standard InChI is InChI=1S/C26H31N3O2/c1-3-4-17-28(26(31)24-13-7-10-20-9-5-6-12-23(20)24)19-25(30)29(21-14-15-21)18-22-11-8-16-27(22)2/h5-13,16,21H,3-4,14-15,17-19H2,1-2H3. The molecule has 1 aliphatic rings. The summed E-state index contributed by atoms with van der Waals surface area (Å²) in [5.74, 6) is -0.0263. The molecule has 0 bridgehead atoms. The summed E-state index contributed by atoms with van der Waals surface area (Å²) in [4.78, 5) is 30.6. The molecular formula is C26H31N3O2. The van der Waals surface area contributed by atoms with E-state index in [2.05, 4.69) is 17.6 Å². The quantitative estimate of drug-likeness (QED) is 0.510. The van der Waals surface area contributed by atoms with Crippen LogP contribution in [0.25, 0.3) is 10.8 Å². The normalized spacial score (nSPS) is 13.4. The van der Waals surface area contributed by atoms with Gasteiger partial charge in [0, 0.05) is 37.1 Å². The van der Waals surface area contributed by atoms with E-state index in [-0.39, 0.29) is 18.4 Å². The van der Waals surface area contributed by atoms with Gasteiger partial charge in [0.2, 0.25) is 5.91 Å². The van der Waals surface area contributed by atoms with E-state index in [4.69, 9.17) is 0 Å². The Balaban J connectivity index is 1.56. The maximum absolute atomic E-state index is 13.5. The van der Waals surface area contributed by atoms with Crippen LogP contribution in [0.2, 0.25) is 0 Å². The summed E-state index contributed by atoms with van der Waals surface area (Å²) >= 11 is 0. The minimum Gasteiger partial charge on any atom is -0.353 e. The maximum Gasteiger partial charge on any atom is 0.254 e. The Bertz CT molecular complexity index is 1060. The molecule has 0 spiro atoms. The summed E-state index contributed by atoms with van der Waals surface area (Å²) in [5, 5.41) is 1.98. The van der Waals surface area contributed by atoms with Crippen LogP contribution in [-0.4, -0.2) is 45.3 Å². The molecule has 0 N–H and O–H groups in total. The number of rotatable bonds is 9. The number of benzene rings is 2. The second kappa shape index (κ2) is 9.38. The summed E-state index contributed by atoms with van der Waals surface area (Å²) in [6.45, 7) is 3.42. The van der Waals surface area contributed by atoms with Gasteiger partial charge in [-0.25, -0.2) is 0 Å². The zero-order chi connectivity index (χ0) is 21.8. The lowest BCUT2D eigenvalue weighted by Gasteiger charge is -2.28. The minimum atomic E-state index is -0.0618. The largest absolute Gasteiger partial charge is 0.353 e. The zero-order valence-electron chi connectivity index (χ0n) is 18.5. The van der Waals surface area contributed by atoms with Crippen LogP contribution in [0.3, 0.4) is 0 Å². The molecule has 2 amide bonds. The van der Waals surface area contributed by atoms with E-state index in [0.29, 0.717) is 24.7 Å². The second-order valence-electron chi connectivity index (χ2n) is 8.47. The fourth-order valence-corrected chi connectivity index (χ4v) is 4.08. The van der Waals surface area contributed by atoms with Gasteiger partial charge < -0.3 is 14.4 Å². The summed E-state index contributed by atoms with van der Waals surface area (Å²) in [6.07, 6.45) is 5.95. The van der Waals surface area contributed by atoms with Crippen molar-refractivity contribution in [3.05, 3.63) is 72.1 Å². The number of aryl methyl sites for hydroxylation is 1. The van der Waals surface area contributed by atoms with Crippen molar-refractivity contribution >= 4 is 22.6 Å². The molecule has 1 fully saturated rings. The predicted molar refractivity (Wildman–Crippen MR) is 124 cm³/mol. The van der Waals surface area contributed by atoms with Crippen LogP contribution < -0.4 is 0 Å². The average Bonchev–Trinajstić information content (AvgIpc) is 3.55. The summed E-state index contributed by atoms with van der Waals surface area (Å²) in [5.41, 5.74) is 1.78. The number of carbonyl (C=O) groups is 2. The van der Waals surface area contributed by atoms with Crippen molar-refractivity contribution in [1.29, 1.82) is 0 Å². The van der Waals surface area contributed by atoms with Gasteiger partial charge >= 0.3 is 0 Å². The Morgan fingerprint density at radius 2 is 1.81 bits per heavy atom. The number of amides is 2. The summed E-state index contributed by atoms with van der Waals surface area (Å²) < 4.78 is 2.05. The first kappa shape index (κ1) is 21.2. The molecule has 0 aliphatic heterocycles. The highest BCUT2D eigenvalue weighted by atomic mass is 16.2. The molecule has 3 aromatic rings. The third kappa shape index (κ3) is 4.82. The van der Waals surface area contributed by atoms with Crippen molar-refractivity contribution in [3.8, 4) is 0 Å². The van der Waals surface area contributed by atoms with Gasteiger partial charge in [0.1, 0.15) is 6.54 Å². The number of fused-ring (bicyclic) bond motifs is 1. The van der Waals surface area contributed by atoms with E-state index >= 15 is 0 Å². The minimum absolute atomic E-state index is 0.0355. The van der Waals surface area contributed by atoms with E-state index in [9.17, 15) is 9.59 Å². The molecule has 1 aromatic heterocycles. The summed E-state index contributed by atoms with van der Waals surface area (Å²) in [7, 11) is 2.00. The predicted octanol–water partition coefficient (Wildman–Crippen LogP) is 4.61. The van der Waals surface area contributed by atoms with Gasteiger partial charge in [-0.2, -0.15) is 0 Å². The summed E-state index contributed by atoms with van der Waals surface area (Å²) in [6, 6.07) is 18.1. The molecule has 1 heterocycles. The van der Waals surface area contributed by atoms with Gasteiger partial charge in [0.25, 0.3) is 5.91 Å². The van der Waals surface area contributed by atoms with Gasteiger partial charge in [-0.3, -0.25) is 9.59 Å². The lowest BCUT2D eigenvalue weighted by atomic mass is 10.0. The molecule has 0 saturated heterocycles. The first-order chi connectivity index (χ1) is 15.1. The molecular weight excluding hydrogens is 386 g/mol. The van der Waals surface area contributed by atoms with E-state index in [1.54, 1.807) is 4.90 Å². The van der Waals surface area contributed by atoms with Gasteiger partial charge in [0.15, 0.2) is 0 Å². The van der Waals surface area contributed by atoms with Crippen LogP contribution in [0, 0.1) is 0 Å². The molecule has 1 saturated carbocycles. The molecule has 162 valence electrons. The van der Waals surface area contributed by atoms with Gasteiger partial charge in [-0.05, 0) is 48.2 Å². The molecule has 4 rings (SSSR count). The lowest BCUT2D eigenvalue weighted by molar-refractivity contribution is -0.133. The molecule has 2 aromatic carbocycles. The number of unbranched alkanes of at least 4 members (excludes halogenated alkanes) is 1. The molecule has 0 radical (unpaired) electrons. The van der Waals surface area contributed by atoms with Crippen molar-refractivity contribution < 1.29 is 9.59 Å². The molecule has 0 atom stereocenters. The first-order valence-electron chi connectivity index (χ1n) is 11.2. The van der Waals surface area contributed by atoms with Gasteiger partial charge in [-0.1, -0.05) is 49.7 Å². The van der Waals surface area contributed by atoms with E-state index in [0.717, 1.165) is 42.1 Å². The smallest absolute Gasteiger partial charge is 0.254 e. The number of hydrogen-bond donors (Lipinski definition) is 0. The molecule has 1 aliphatic carbocycles. The lowest BCUT2D eigenvalue weighted by Crippen LogP contribution is -2.44. The third-order valence-electron chi connectivity index (χ3n) is 6.11. The van der Waals surface area contributed by atoms with Crippen LogP contribution in [0.5, 0.6) is 0 Å². The number of hydrogen-bond acceptors (Lipinski definition) is 2. The van der Waals surface area contributed by atoms with Crippen molar-refractivity contribution in [3.63, 3.8) is 0 Å². The van der Waals surface area contributed by atoms with E-state index in [1.807, 2.05) is 66.7 Å². The van der Waals surface area contributed by atoms with Gasteiger partial charge in [0.05, 0.1) is 6.54 Å². The second-order valence-corrected chi connectivity index (χ2v) is 8.47. The Morgan fingerprint density at radius 3 is 2.52 bits per heavy atom. The van der Waals surface area contributed by atoms with Crippen molar-refractivity contribution in [2.24, 2.45) is 7.05 Å². The Kier molecular flexibility index (Phi) is 6.40. The third-order valence-corrected chi connectivity index (χ3v) is 6.11. The number of carbonyl (C=O) groups excluding carboxylic acids is 2. The van der Waals surface area contributed by atoms with Crippen LogP contribution in [0.1, 0.15) is 48.7 Å². The van der Waals surface area contributed by atoms with Crippen molar-refractivity contribution in [2.45, 2.75) is 45.2 Å². The fraction of sp³-hybridized carbons (Fsp3) is 0.385. The van der Waals surface area contributed by atoms with Crippen molar-refractivity contribution in [1.82, 2.24) is 14.4 Å². The molecule has 5 heteroatoms. The molecule has 31 heavy (non-hydrogen) atoms. The van der Waals surface area contributed by atoms with Crippen molar-refractivity contribution in [2.75, 3.05) is 13.1 Å². The zero-order valence-corrected chi connectivity index (χ0v) is 18.5. The van der Waals surface area contributed by atoms with Gasteiger partial charge in [-0.15, -0.1) is 0 Å². The first-order valence-corrected chi connectivity index (χ1v) is 11.2. The maximum atomic E-state index is 13.5. The Morgan fingerprint density at radius 1 is 1.03 bits per heavy atom. The highest BCUT2D eigenvalue weighted by molar-refractivity contribution is 6.07. The monoisotopic (exact) mass is 417 g/mol. The Hall–Kier alpha value is -3.08. The number of nitrogens with zero attached hydrogens (tertiary/aromatic N) is 3.